The van der Waals surface area contributed by atoms with Crippen molar-refractivity contribution in [1.29, 1.82) is 0 Å². The lowest BCUT2D eigenvalue weighted by Gasteiger charge is -2.19. The molecule has 0 heterocycles. The van der Waals surface area contributed by atoms with Gasteiger partial charge >= 0.3 is 0 Å². The molecule has 1 amide bonds. The molecule has 0 bridgehead atoms. The molecule has 0 saturated heterocycles. The topological polar surface area (TPSA) is 75.7 Å². The van der Waals surface area contributed by atoms with E-state index in [1.165, 1.54) is 42.7 Å². The highest BCUT2D eigenvalue weighted by Crippen LogP contribution is 2.26. The summed E-state index contributed by atoms with van der Waals surface area (Å²) in [7, 11) is -0.772. The Kier molecular flexibility index (Phi) is 7.23. The number of hydrogen-bond acceptors (Lipinski definition) is 4. The monoisotopic (exact) mass is 472 g/mol. The van der Waals surface area contributed by atoms with Gasteiger partial charge in [-0.15, -0.1) is 0 Å². The number of halogens is 1. The summed E-state index contributed by atoms with van der Waals surface area (Å²) < 4.78 is 32.5. The second-order valence-electron chi connectivity index (χ2n) is 7.51. The van der Waals surface area contributed by atoms with Crippen LogP contribution in [0.4, 0.5) is 5.69 Å². The molecule has 3 aromatic rings. The average molecular weight is 473 g/mol. The van der Waals surface area contributed by atoms with E-state index in [-0.39, 0.29) is 17.3 Å². The largest absolute Gasteiger partial charge is 0.496 e. The summed E-state index contributed by atoms with van der Waals surface area (Å²) >= 11 is 5.87. The van der Waals surface area contributed by atoms with E-state index in [0.29, 0.717) is 21.9 Å². The van der Waals surface area contributed by atoms with Crippen LogP contribution in [0.15, 0.2) is 65.6 Å². The molecule has 0 saturated carbocycles. The number of hydrogen-bond donors (Lipinski definition) is 1. The van der Waals surface area contributed by atoms with Crippen LogP contribution in [0.1, 0.15) is 27.0 Å². The van der Waals surface area contributed by atoms with Crippen molar-refractivity contribution in [2.45, 2.75) is 25.3 Å². The fraction of sp³-hybridized carbons (Fsp3) is 0.208. The molecule has 0 atom stereocenters. The van der Waals surface area contributed by atoms with Crippen LogP contribution in [0.3, 0.4) is 0 Å². The minimum absolute atomic E-state index is 0.0265. The Morgan fingerprint density at radius 1 is 1.03 bits per heavy atom. The van der Waals surface area contributed by atoms with Crippen LogP contribution in [-0.2, 0) is 16.6 Å². The highest BCUT2D eigenvalue weighted by molar-refractivity contribution is 7.89. The Morgan fingerprint density at radius 2 is 1.72 bits per heavy atom. The van der Waals surface area contributed by atoms with Crippen molar-refractivity contribution in [2.75, 3.05) is 19.5 Å². The number of nitrogens with zero attached hydrogens (tertiary/aromatic N) is 1. The number of sulfonamides is 1. The number of methoxy groups -OCH3 is 1. The van der Waals surface area contributed by atoms with Crippen LogP contribution < -0.4 is 10.1 Å². The number of carbonyl (C=O) groups is 1. The molecular weight excluding hydrogens is 448 g/mol. The molecule has 0 aliphatic heterocycles. The van der Waals surface area contributed by atoms with Gasteiger partial charge in [0.25, 0.3) is 5.91 Å². The van der Waals surface area contributed by atoms with Crippen molar-refractivity contribution >= 4 is 33.2 Å². The second kappa shape index (κ2) is 9.73. The Bertz CT molecular complexity index is 1240. The summed E-state index contributed by atoms with van der Waals surface area (Å²) in [5.74, 6) is 0.206. The first kappa shape index (κ1) is 23.8. The first-order valence-electron chi connectivity index (χ1n) is 9.89. The molecule has 0 aliphatic rings. The fourth-order valence-electron chi connectivity index (χ4n) is 3.22. The van der Waals surface area contributed by atoms with E-state index in [1.807, 2.05) is 32.0 Å². The molecule has 32 heavy (non-hydrogen) atoms. The number of amides is 1. The maximum Gasteiger partial charge on any atom is 0.255 e. The first-order valence-corrected chi connectivity index (χ1v) is 11.7. The van der Waals surface area contributed by atoms with E-state index >= 15 is 0 Å². The van der Waals surface area contributed by atoms with Crippen molar-refractivity contribution in [3.63, 3.8) is 0 Å². The lowest BCUT2D eigenvalue weighted by molar-refractivity contribution is 0.102. The summed E-state index contributed by atoms with van der Waals surface area (Å²) in [5.41, 5.74) is 3.69. The molecule has 6 nitrogen and oxygen atoms in total. The number of benzene rings is 3. The number of anilines is 1. The Hall–Kier alpha value is -2.87. The van der Waals surface area contributed by atoms with Crippen molar-refractivity contribution in [3.8, 4) is 5.75 Å². The minimum Gasteiger partial charge on any atom is -0.496 e. The van der Waals surface area contributed by atoms with Gasteiger partial charge in [-0.1, -0.05) is 23.7 Å². The van der Waals surface area contributed by atoms with Crippen LogP contribution >= 0.6 is 11.6 Å². The maximum absolute atomic E-state index is 12.9. The summed E-state index contributed by atoms with van der Waals surface area (Å²) in [6.07, 6.45) is 0. The fourth-order valence-corrected chi connectivity index (χ4v) is 4.49. The van der Waals surface area contributed by atoms with Gasteiger partial charge in [0.15, 0.2) is 0 Å². The van der Waals surface area contributed by atoms with Crippen LogP contribution in [-0.4, -0.2) is 32.8 Å². The van der Waals surface area contributed by atoms with E-state index < -0.39 is 10.0 Å². The third-order valence-corrected chi connectivity index (χ3v) is 7.17. The third kappa shape index (κ3) is 5.30. The lowest BCUT2D eigenvalue weighted by atomic mass is 10.1. The van der Waals surface area contributed by atoms with E-state index in [2.05, 4.69) is 5.32 Å². The predicted octanol–water partition coefficient (Wildman–Crippen LogP) is 5.04. The van der Waals surface area contributed by atoms with Crippen LogP contribution in [0, 0.1) is 13.8 Å². The van der Waals surface area contributed by atoms with Gasteiger partial charge in [0.05, 0.1) is 12.0 Å². The Morgan fingerprint density at radius 3 is 2.38 bits per heavy atom. The molecule has 1 N–H and O–H groups in total. The Labute approximate surface area is 193 Å². The molecule has 3 aromatic carbocycles. The van der Waals surface area contributed by atoms with Crippen molar-refractivity contribution in [2.24, 2.45) is 0 Å². The number of rotatable bonds is 7. The standard InChI is InChI=1S/C24H25ClN2O4S/c1-16-5-6-17(2)22(13-16)26-24(28)18-7-12-23(31-4)19(14-18)15-27(3)32(29,30)21-10-8-20(25)9-11-21/h5-14H,15H2,1-4H3,(H,26,28). The highest BCUT2D eigenvalue weighted by Gasteiger charge is 2.23. The molecule has 0 spiro atoms. The van der Waals surface area contributed by atoms with Gasteiger partial charge in [0, 0.05) is 35.4 Å². The molecule has 0 radical (unpaired) electrons. The smallest absolute Gasteiger partial charge is 0.255 e. The molecule has 168 valence electrons. The van der Waals surface area contributed by atoms with Crippen LogP contribution in [0.5, 0.6) is 5.75 Å². The van der Waals surface area contributed by atoms with E-state index in [4.69, 9.17) is 16.3 Å². The molecule has 0 unspecified atom stereocenters. The number of carbonyl (C=O) groups excluding carboxylic acids is 1. The lowest BCUT2D eigenvalue weighted by Crippen LogP contribution is -2.27. The van der Waals surface area contributed by atoms with E-state index in [9.17, 15) is 13.2 Å². The maximum atomic E-state index is 12.9. The van der Waals surface area contributed by atoms with Crippen molar-refractivity contribution in [3.05, 3.63) is 87.9 Å². The zero-order valence-corrected chi connectivity index (χ0v) is 19.9. The average Bonchev–Trinajstić information content (AvgIpc) is 2.76. The molecule has 0 aliphatic carbocycles. The van der Waals surface area contributed by atoms with Crippen LogP contribution in [0.2, 0.25) is 5.02 Å². The quantitative estimate of drug-likeness (QED) is 0.522. The number of ether oxygens (including phenoxy) is 1. The summed E-state index contributed by atoms with van der Waals surface area (Å²) in [6, 6.07) is 16.8. The van der Waals surface area contributed by atoms with Gasteiger partial charge in [-0.25, -0.2) is 8.42 Å². The van der Waals surface area contributed by atoms with Gasteiger partial charge in [0.2, 0.25) is 10.0 Å². The summed E-state index contributed by atoms with van der Waals surface area (Å²) in [4.78, 5) is 13.0. The third-order valence-electron chi connectivity index (χ3n) is 5.10. The number of nitrogens with one attached hydrogen (secondary N) is 1. The van der Waals surface area contributed by atoms with Gasteiger partial charge in [0.1, 0.15) is 5.75 Å². The molecule has 3 rings (SSSR count). The predicted molar refractivity (Wildman–Crippen MR) is 127 cm³/mol. The zero-order chi connectivity index (χ0) is 23.5. The van der Waals surface area contributed by atoms with E-state index in [1.54, 1.807) is 18.2 Å². The Balaban J connectivity index is 1.86. The van der Waals surface area contributed by atoms with Crippen molar-refractivity contribution < 1.29 is 17.9 Å². The molecule has 0 fully saturated rings. The molecule has 8 heteroatoms. The molecule has 0 aromatic heterocycles. The van der Waals surface area contributed by atoms with Gasteiger partial charge < -0.3 is 10.1 Å². The first-order chi connectivity index (χ1) is 15.1. The zero-order valence-electron chi connectivity index (χ0n) is 18.3. The van der Waals surface area contributed by atoms with E-state index in [0.717, 1.165) is 16.8 Å². The highest BCUT2D eigenvalue weighted by atomic mass is 35.5. The minimum atomic E-state index is -3.75. The SMILES string of the molecule is COc1ccc(C(=O)Nc2cc(C)ccc2C)cc1CN(C)S(=O)(=O)c1ccc(Cl)cc1. The number of aryl methyl sites for hydroxylation is 2. The van der Waals surface area contributed by atoms with Gasteiger partial charge in [-0.2, -0.15) is 4.31 Å². The van der Waals surface area contributed by atoms with Gasteiger partial charge in [-0.05, 0) is 73.5 Å². The van der Waals surface area contributed by atoms with Gasteiger partial charge in [-0.3, -0.25) is 4.79 Å². The normalized spacial score (nSPS) is 11.4. The summed E-state index contributed by atoms with van der Waals surface area (Å²) in [6.45, 7) is 3.90. The summed E-state index contributed by atoms with van der Waals surface area (Å²) in [5, 5.41) is 3.38. The van der Waals surface area contributed by atoms with Crippen LogP contribution in [0.25, 0.3) is 0 Å². The molecular formula is C24H25ClN2O4S. The second-order valence-corrected chi connectivity index (χ2v) is 10.00. The van der Waals surface area contributed by atoms with Crippen molar-refractivity contribution in [1.82, 2.24) is 4.31 Å².